The fourth-order valence-corrected chi connectivity index (χ4v) is 3.42. The van der Waals surface area contributed by atoms with Gasteiger partial charge in [0.05, 0.1) is 12.3 Å². The number of carbonyl (C=O) groups excluding carboxylic acids is 1. The first-order valence-electron chi connectivity index (χ1n) is 9.24. The third kappa shape index (κ3) is 6.62. The summed E-state index contributed by atoms with van der Waals surface area (Å²) >= 11 is 0. The quantitative estimate of drug-likeness (QED) is 0.601. The highest BCUT2D eigenvalue weighted by molar-refractivity contribution is 7.92. The summed E-state index contributed by atoms with van der Waals surface area (Å²) < 4.78 is 65.9. The van der Waals surface area contributed by atoms with Crippen LogP contribution >= 0.6 is 0 Å². The monoisotopic (exact) mass is 440 g/mol. The van der Waals surface area contributed by atoms with Gasteiger partial charge in [0, 0.05) is 6.08 Å². The van der Waals surface area contributed by atoms with Gasteiger partial charge in [0.1, 0.15) is 11.5 Å². The summed E-state index contributed by atoms with van der Waals surface area (Å²) in [6.45, 7) is 3.49. The standard InChI is InChI=1S/C21H23F3N2O3S/c1-4-5-15-10-17(22)8-6-14(15)7-9-20(27)25-13(2)16-11-18(23)21(19(24)12-16)26-30(3,28)29/h6-13,26H,4-5H2,1-3H3,(H,25,27)/b9-7+. The van der Waals surface area contributed by atoms with Gasteiger partial charge in [-0.1, -0.05) is 19.4 Å². The summed E-state index contributed by atoms with van der Waals surface area (Å²) in [5.74, 6) is -3.05. The number of nitrogens with one attached hydrogen (secondary N) is 2. The van der Waals surface area contributed by atoms with Gasteiger partial charge >= 0.3 is 0 Å². The Morgan fingerprint density at radius 2 is 1.77 bits per heavy atom. The normalized spacial score (nSPS) is 12.7. The molecule has 2 aromatic rings. The molecule has 0 bridgehead atoms. The van der Waals surface area contributed by atoms with E-state index in [0.29, 0.717) is 12.0 Å². The first kappa shape index (κ1) is 23.5. The van der Waals surface area contributed by atoms with E-state index in [-0.39, 0.29) is 11.4 Å². The van der Waals surface area contributed by atoms with Crippen molar-refractivity contribution in [2.45, 2.75) is 32.7 Å². The Kier molecular flexibility index (Phi) is 7.66. The van der Waals surface area contributed by atoms with Crippen LogP contribution in [0.4, 0.5) is 18.9 Å². The van der Waals surface area contributed by atoms with Crippen molar-refractivity contribution in [3.05, 3.63) is 70.5 Å². The number of hydrogen-bond donors (Lipinski definition) is 2. The van der Waals surface area contributed by atoms with E-state index in [2.05, 4.69) is 5.32 Å². The molecule has 162 valence electrons. The van der Waals surface area contributed by atoms with Gasteiger partial charge in [-0.05, 0) is 60.4 Å². The number of benzene rings is 2. The van der Waals surface area contributed by atoms with Crippen molar-refractivity contribution in [1.29, 1.82) is 0 Å². The van der Waals surface area contributed by atoms with Crippen LogP contribution in [-0.2, 0) is 21.2 Å². The first-order chi connectivity index (χ1) is 14.0. The lowest BCUT2D eigenvalue weighted by molar-refractivity contribution is -0.117. The van der Waals surface area contributed by atoms with Crippen LogP contribution in [0, 0.1) is 17.5 Å². The molecule has 9 heteroatoms. The van der Waals surface area contributed by atoms with E-state index in [0.717, 1.165) is 30.4 Å². The maximum Gasteiger partial charge on any atom is 0.244 e. The second-order valence-corrected chi connectivity index (χ2v) is 8.64. The van der Waals surface area contributed by atoms with E-state index in [1.54, 1.807) is 16.9 Å². The summed E-state index contributed by atoms with van der Waals surface area (Å²) in [4.78, 5) is 12.2. The second kappa shape index (κ2) is 9.80. The number of sulfonamides is 1. The Labute approximate surface area is 174 Å². The Balaban J connectivity index is 2.14. The van der Waals surface area contributed by atoms with E-state index in [1.165, 1.54) is 25.1 Å². The molecule has 0 aliphatic carbocycles. The molecule has 2 rings (SSSR count). The van der Waals surface area contributed by atoms with Crippen molar-refractivity contribution < 1.29 is 26.4 Å². The van der Waals surface area contributed by atoms with Crippen LogP contribution < -0.4 is 10.0 Å². The lowest BCUT2D eigenvalue weighted by Crippen LogP contribution is -2.25. The highest BCUT2D eigenvalue weighted by Crippen LogP contribution is 2.25. The van der Waals surface area contributed by atoms with Crippen LogP contribution in [0.25, 0.3) is 6.08 Å². The lowest BCUT2D eigenvalue weighted by Gasteiger charge is -2.15. The molecule has 0 fully saturated rings. The van der Waals surface area contributed by atoms with Crippen LogP contribution in [0.3, 0.4) is 0 Å². The molecule has 1 amide bonds. The first-order valence-corrected chi connectivity index (χ1v) is 11.1. The van der Waals surface area contributed by atoms with Gasteiger partial charge in [0.2, 0.25) is 15.9 Å². The van der Waals surface area contributed by atoms with Crippen LogP contribution in [0.2, 0.25) is 0 Å². The minimum Gasteiger partial charge on any atom is -0.346 e. The topological polar surface area (TPSA) is 75.3 Å². The summed E-state index contributed by atoms with van der Waals surface area (Å²) in [7, 11) is -3.85. The summed E-state index contributed by atoms with van der Waals surface area (Å²) in [5, 5.41) is 2.58. The third-order valence-electron chi connectivity index (χ3n) is 4.25. The molecule has 1 atom stereocenters. The predicted octanol–water partition coefficient (Wildman–Crippen LogP) is 4.32. The maximum atomic E-state index is 14.1. The predicted molar refractivity (Wildman–Crippen MR) is 111 cm³/mol. The van der Waals surface area contributed by atoms with Gasteiger partial charge in [-0.15, -0.1) is 0 Å². The number of carbonyl (C=O) groups is 1. The number of rotatable bonds is 8. The molecule has 0 saturated heterocycles. The molecule has 0 aliphatic heterocycles. The average molecular weight is 440 g/mol. The Hall–Kier alpha value is -2.81. The second-order valence-electron chi connectivity index (χ2n) is 6.89. The van der Waals surface area contributed by atoms with Crippen molar-refractivity contribution >= 4 is 27.7 Å². The highest BCUT2D eigenvalue weighted by Gasteiger charge is 2.18. The van der Waals surface area contributed by atoms with Crippen molar-refractivity contribution in [3.8, 4) is 0 Å². The molecular weight excluding hydrogens is 417 g/mol. The van der Waals surface area contributed by atoms with Crippen LogP contribution in [0.5, 0.6) is 0 Å². The van der Waals surface area contributed by atoms with Crippen LogP contribution in [-0.4, -0.2) is 20.6 Å². The molecule has 2 N–H and O–H groups in total. The zero-order chi connectivity index (χ0) is 22.5. The van der Waals surface area contributed by atoms with E-state index in [1.807, 2.05) is 6.92 Å². The molecular formula is C21H23F3N2O3S. The molecule has 0 radical (unpaired) electrons. The number of amides is 1. The molecule has 0 aromatic heterocycles. The molecule has 5 nitrogen and oxygen atoms in total. The fourth-order valence-electron chi connectivity index (χ4n) is 2.86. The molecule has 0 heterocycles. The molecule has 0 spiro atoms. The van der Waals surface area contributed by atoms with Gasteiger partial charge in [-0.25, -0.2) is 21.6 Å². The number of hydrogen-bond acceptors (Lipinski definition) is 3. The lowest BCUT2D eigenvalue weighted by atomic mass is 10.0. The minimum atomic E-state index is -3.85. The van der Waals surface area contributed by atoms with Gasteiger partial charge in [0.25, 0.3) is 0 Å². The van der Waals surface area contributed by atoms with Gasteiger partial charge in [-0.2, -0.15) is 0 Å². The third-order valence-corrected chi connectivity index (χ3v) is 4.82. The van der Waals surface area contributed by atoms with E-state index in [9.17, 15) is 26.4 Å². The smallest absolute Gasteiger partial charge is 0.244 e. The van der Waals surface area contributed by atoms with Crippen molar-refractivity contribution in [1.82, 2.24) is 5.32 Å². The van der Waals surface area contributed by atoms with E-state index < -0.39 is 39.3 Å². The van der Waals surface area contributed by atoms with E-state index >= 15 is 0 Å². The number of aryl methyl sites for hydroxylation is 1. The largest absolute Gasteiger partial charge is 0.346 e. The van der Waals surface area contributed by atoms with Crippen LogP contribution in [0.15, 0.2) is 36.4 Å². The molecule has 30 heavy (non-hydrogen) atoms. The van der Waals surface area contributed by atoms with Gasteiger partial charge in [0.15, 0.2) is 11.6 Å². The van der Waals surface area contributed by atoms with Crippen molar-refractivity contribution in [2.75, 3.05) is 11.0 Å². The van der Waals surface area contributed by atoms with Gasteiger partial charge in [-0.3, -0.25) is 9.52 Å². The van der Waals surface area contributed by atoms with Gasteiger partial charge < -0.3 is 5.32 Å². The molecule has 2 aromatic carbocycles. The summed E-state index contributed by atoms with van der Waals surface area (Å²) in [5.41, 5.74) is 0.820. The average Bonchev–Trinajstić information content (AvgIpc) is 2.63. The Morgan fingerprint density at radius 1 is 1.13 bits per heavy atom. The maximum absolute atomic E-state index is 14.1. The number of anilines is 1. The molecule has 0 aliphatic rings. The zero-order valence-electron chi connectivity index (χ0n) is 16.8. The minimum absolute atomic E-state index is 0.124. The molecule has 1 unspecified atom stereocenters. The van der Waals surface area contributed by atoms with Crippen molar-refractivity contribution in [2.24, 2.45) is 0 Å². The Bertz CT molecular complexity index is 1050. The fraction of sp³-hybridized carbons (Fsp3) is 0.286. The van der Waals surface area contributed by atoms with Crippen LogP contribution in [0.1, 0.15) is 43.0 Å². The SMILES string of the molecule is CCCc1cc(F)ccc1/C=C/C(=O)NC(C)c1cc(F)c(NS(C)(=O)=O)c(F)c1. The van der Waals surface area contributed by atoms with Crippen molar-refractivity contribution in [3.63, 3.8) is 0 Å². The molecule has 0 saturated carbocycles. The zero-order valence-corrected chi connectivity index (χ0v) is 17.6. The number of halogens is 3. The van der Waals surface area contributed by atoms with E-state index in [4.69, 9.17) is 0 Å². The Morgan fingerprint density at radius 3 is 2.33 bits per heavy atom. The highest BCUT2D eigenvalue weighted by atomic mass is 32.2. The summed E-state index contributed by atoms with van der Waals surface area (Å²) in [6, 6.07) is 5.45. The summed E-state index contributed by atoms with van der Waals surface area (Å²) in [6.07, 6.45) is 5.06.